The van der Waals surface area contributed by atoms with E-state index in [-0.39, 0.29) is 5.69 Å². The zero-order chi connectivity index (χ0) is 14.3. The van der Waals surface area contributed by atoms with Gasteiger partial charge in [-0.25, -0.2) is 0 Å². The van der Waals surface area contributed by atoms with E-state index < -0.39 is 16.9 Å². The van der Waals surface area contributed by atoms with Crippen LogP contribution in [-0.2, 0) is 11.2 Å². The molecule has 19 heavy (non-hydrogen) atoms. The van der Waals surface area contributed by atoms with E-state index in [4.69, 9.17) is 10.8 Å². The molecule has 0 aliphatic carbocycles. The maximum absolute atomic E-state index is 10.5. The third-order valence-electron chi connectivity index (χ3n) is 2.57. The van der Waals surface area contributed by atoms with Gasteiger partial charge in [0.1, 0.15) is 6.04 Å². The first-order valence-electron chi connectivity index (χ1n) is 5.80. The molecule has 0 bridgehead atoms. The number of thioether (sulfide) groups is 1. The number of rotatable bonds is 8. The average molecular weight is 284 g/mol. The van der Waals surface area contributed by atoms with Crippen LogP contribution in [0.4, 0.5) is 5.69 Å². The zero-order valence-electron chi connectivity index (χ0n) is 10.3. The molecule has 0 aliphatic heterocycles. The Labute approximate surface area is 115 Å². The Hall–Kier alpha value is -1.60. The van der Waals surface area contributed by atoms with E-state index in [1.807, 2.05) is 0 Å². The minimum absolute atomic E-state index is 0.0869. The van der Waals surface area contributed by atoms with Crippen molar-refractivity contribution in [3.05, 3.63) is 39.9 Å². The molecule has 0 heterocycles. The van der Waals surface area contributed by atoms with Crippen molar-refractivity contribution in [1.82, 2.24) is 0 Å². The van der Waals surface area contributed by atoms with Crippen LogP contribution in [0.5, 0.6) is 0 Å². The Balaban J connectivity index is 2.22. The zero-order valence-corrected chi connectivity index (χ0v) is 11.1. The topological polar surface area (TPSA) is 106 Å². The first kappa shape index (κ1) is 15.5. The van der Waals surface area contributed by atoms with Gasteiger partial charge in [-0.15, -0.1) is 0 Å². The average Bonchev–Trinajstić information content (AvgIpc) is 2.38. The summed E-state index contributed by atoms with van der Waals surface area (Å²) in [5.74, 6) is 0.556. The van der Waals surface area contributed by atoms with Crippen LogP contribution >= 0.6 is 11.8 Å². The minimum atomic E-state index is -0.976. The third kappa shape index (κ3) is 5.71. The molecular formula is C12H16N2O4S. The largest absolute Gasteiger partial charge is 0.480 e. The van der Waals surface area contributed by atoms with E-state index >= 15 is 0 Å². The van der Waals surface area contributed by atoms with Crippen LogP contribution in [0.2, 0.25) is 0 Å². The van der Waals surface area contributed by atoms with Crippen molar-refractivity contribution in [2.75, 3.05) is 11.5 Å². The molecule has 1 unspecified atom stereocenters. The molecule has 6 nitrogen and oxygen atoms in total. The van der Waals surface area contributed by atoms with Crippen molar-refractivity contribution in [3.8, 4) is 0 Å². The number of aryl methyl sites for hydroxylation is 1. The molecule has 1 atom stereocenters. The third-order valence-corrected chi connectivity index (χ3v) is 3.59. The molecule has 0 aliphatic rings. The van der Waals surface area contributed by atoms with Crippen LogP contribution in [0.1, 0.15) is 12.0 Å². The SMILES string of the molecule is NC(CCSCCc1ccc([N+](=O)[O-])cc1)C(=O)O. The van der Waals surface area contributed by atoms with Crippen molar-refractivity contribution >= 4 is 23.4 Å². The highest BCUT2D eigenvalue weighted by Crippen LogP contribution is 2.14. The molecule has 0 saturated heterocycles. The van der Waals surface area contributed by atoms with Gasteiger partial charge in [-0.05, 0) is 29.9 Å². The van der Waals surface area contributed by atoms with Gasteiger partial charge in [0.25, 0.3) is 5.69 Å². The number of hydrogen-bond acceptors (Lipinski definition) is 5. The number of aliphatic carboxylic acids is 1. The number of nitro groups is 1. The van der Waals surface area contributed by atoms with Crippen molar-refractivity contribution < 1.29 is 14.8 Å². The first-order valence-corrected chi connectivity index (χ1v) is 6.95. The van der Waals surface area contributed by atoms with E-state index in [9.17, 15) is 14.9 Å². The Morgan fingerprint density at radius 2 is 2.00 bits per heavy atom. The van der Waals surface area contributed by atoms with E-state index in [2.05, 4.69) is 0 Å². The highest BCUT2D eigenvalue weighted by molar-refractivity contribution is 7.99. The fourth-order valence-electron chi connectivity index (χ4n) is 1.41. The van der Waals surface area contributed by atoms with Crippen LogP contribution < -0.4 is 5.73 Å². The maximum Gasteiger partial charge on any atom is 0.320 e. The van der Waals surface area contributed by atoms with Gasteiger partial charge in [0.05, 0.1) is 4.92 Å². The Bertz CT molecular complexity index is 436. The predicted molar refractivity (Wildman–Crippen MR) is 74.4 cm³/mol. The Kier molecular flexibility index (Phi) is 6.31. The number of carbonyl (C=O) groups is 1. The second-order valence-corrected chi connectivity index (χ2v) is 5.24. The lowest BCUT2D eigenvalue weighted by Crippen LogP contribution is -2.30. The number of benzene rings is 1. The van der Waals surface area contributed by atoms with Gasteiger partial charge in [0, 0.05) is 12.1 Å². The Morgan fingerprint density at radius 1 is 1.37 bits per heavy atom. The predicted octanol–water partition coefficient (Wildman–Crippen LogP) is 1.67. The molecule has 104 valence electrons. The van der Waals surface area contributed by atoms with Gasteiger partial charge in [-0.1, -0.05) is 12.1 Å². The van der Waals surface area contributed by atoms with Crippen molar-refractivity contribution in [2.45, 2.75) is 18.9 Å². The second kappa shape index (κ2) is 7.75. The van der Waals surface area contributed by atoms with Gasteiger partial charge < -0.3 is 10.8 Å². The summed E-state index contributed by atoms with van der Waals surface area (Å²) in [4.78, 5) is 20.5. The Morgan fingerprint density at radius 3 is 2.53 bits per heavy atom. The number of hydrogen-bond donors (Lipinski definition) is 2. The summed E-state index contributed by atoms with van der Waals surface area (Å²) in [6.45, 7) is 0. The molecule has 1 rings (SSSR count). The quantitative estimate of drug-likeness (QED) is 0.427. The monoisotopic (exact) mass is 284 g/mol. The number of nitrogens with zero attached hydrogens (tertiary/aromatic N) is 1. The molecule has 0 fully saturated rings. The second-order valence-electron chi connectivity index (χ2n) is 4.02. The number of carboxylic acid groups (broad SMARTS) is 1. The van der Waals surface area contributed by atoms with Crippen molar-refractivity contribution in [3.63, 3.8) is 0 Å². The van der Waals surface area contributed by atoms with Crippen LogP contribution in [0, 0.1) is 10.1 Å². The van der Waals surface area contributed by atoms with Gasteiger partial charge in [0.2, 0.25) is 0 Å². The smallest absolute Gasteiger partial charge is 0.320 e. The summed E-state index contributed by atoms with van der Waals surface area (Å²) < 4.78 is 0. The molecule has 0 radical (unpaired) electrons. The van der Waals surface area contributed by atoms with Gasteiger partial charge in [0.15, 0.2) is 0 Å². The van der Waals surface area contributed by atoms with Crippen molar-refractivity contribution in [1.29, 1.82) is 0 Å². The lowest BCUT2D eigenvalue weighted by Gasteiger charge is -2.05. The molecule has 7 heteroatoms. The fourth-order valence-corrected chi connectivity index (χ4v) is 2.41. The first-order chi connectivity index (χ1) is 9.00. The van der Waals surface area contributed by atoms with E-state index in [1.165, 1.54) is 12.1 Å². The highest BCUT2D eigenvalue weighted by Gasteiger charge is 2.10. The van der Waals surface area contributed by atoms with E-state index in [0.29, 0.717) is 12.2 Å². The van der Waals surface area contributed by atoms with Crippen LogP contribution in [-0.4, -0.2) is 33.5 Å². The van der Waals surface area contributed by atoms with Crippen LogP contribution in [0.3, 0.4) is 0 Å². The molecule has 0 aromatic heterocycles. The number of non-ortho nitro benzene ring substituents is 1. The molecular weight excluding hydrogens is 268 g/mol. The van der Waals surface area contributed by atoms with Gasteiger partial charge >= 0.3 is 5.97 Å². The standard InChI is InChI=1S/C12H16N2O4S/c13-11(12(15)16)6-8-19-7-5-9-1-3-10(4-2-9)14(17)18/h1-4,11H,5-8,13H2,(H,15,16). The summed E-state index contributed by atoms with van der Waals surface area (Å²) in [6, 6.07) is 5.65. The number of nitro benzene ring substituents is 1. The van der Waals surface area contributed by atoms with Gasteiger partial charge in [-0.2, -0.15) is 11.8 Å². The minimum Gasteiger partial charge on any atom is -0.480 e. The number of carboxylic acids is 1. The van der Waals surface area contributed by atoms with Gasteiger partial charge in [-0.3, -0.25) is 14.9 Å². The lowest BCUT2D eigenvalue weighted by atomic mass is 10.1. The maximum atomic E-state index is 10.5. The van der Waals surface area contributed by atoms with Crippen LogP contribution in [0.25, 0.3) is 0 Å². The van der Waals surface area contributed by atoms with Crippen LogP contribution in [0.15, 0.2) is 24.3 Å². The molecule has 0 saturated carbocycles. The van der Waals surface area contributed by atoms with E-state index in [0.717, 1.165) is 17.7 Å². The molecule has 3 N–H and O–H groups in total. The molecule has 1 aromatic rings. The summed E-state index contributed by atoms with van der Waals surface area (Å²) in [5.41, 5.74) is 6.49. The normalized spacial score (nSPS) is 12.1. The summed E-state index contributed by atoms with van der Waals surface area (Å²) in [5, 5.41) is 19.1. The highest BCUT2D eigenvalue weighted by atomic mass is 32.2. The molecule has 0 spiro atoms. The van der Waals surface area contributed by atoms with Crippen molar-refractivity contribution in [2.24, 2.45) is 5.73 Å². The molecule has 1 aromatic carbocycles. The van der Waals surface area contributed by atoms with E-state index in [1.54, 1.807) is 23.9 Å². The number of nitrogens with two attached hydrogens (primary N) is 1. The molecule has 0 amide bonds. The lowest BCUT2D eigenvalue weighted by molar-refractivity contribution is -0.384. The summed E-state index contributed by atoms with van der Waals surface area (Å²) in [6.07, 6.45) is 1.24. The summed E-state index contributed by atoms with van der Waals surface area (Å²) in [7, 11) is 0. The fraction of sp³-hybridized carbons (Fsp3) is 0.417. The summed E-state index contributed by atoms with van der Waals surface area (Å²) >= 11 is 1.63.